The predicted octanol–water partition coefficient (Wildman–Crippen LogP) is 1.87. The van der Waals surface area contributed by atoms with Gasteiger partial charge in [-0.25, -0.2) is 5.01 Å². The second-order valence-electron chi connectivity index (χ2n) is 2.62. The maximum atomic E-state index is 3.67. The first-order valence-electron chi connectivity index (χ1n) is 3.86. The molecule has 0 heterocycles. The van der Waals surface area contributed by atoms with E-state index in [9.17, 15) is 0 Å². The lowest BCUT2D eigenvalue weighted by Crippen LogP contribution is -2.32. The van der Waals surface area contributed by atoms with E-state index in [1.807, 2.05) is 38.3 Å². The Labute approximate surface area is 69.8 Å². The molecule has 2 heteroatoms. The highest BCUT2D eigenvalue weighted by Gasteiger charge is 2.01. The summed E-state index contributed by atoms with van der Waals surface area (Å²) in [4.78, 5) is 0. The molecular formula is C9H18N2. The number of rotatable bonds is 4. The summed E-state index contributed by atoms with van der Waals surface area (Å²) in [6.45, 7) is 5.80. The van der Waals surface area contributed by atoms with Crippen LogP contribution in [0.1, 0.15) is 13.3 Å². The molecule has 0 aliphatic heterocycles. The summed E-state index contributed by atoms with van der Waals surface area (Å²) >= 11 is 0. The van der Waals surface area contributed by atoms with Gasteiger partial charge in [0.05, 0.1) is 0 Å². The van der Waals surface area contributed by atoms with Gasteiger partial charge in [-0.3, -0.25) is 0 Å². The molecule has 0 fully saturated rings. The lowest BCUT2D eigenvalue weighted by atomic mass is 10.3. The van der Waals surface area contributed by atoms with Gasteiger partial charge < -0.3 is 5.01 Å². The van der Waals surface area contributed by atoms with Crippen molar-refractivity contribution in [2.45, 2.75) is 13.3 Å². The van der Waals surface area contributed by atoms with Crippen molar-refractivity contribution < 1.29 is 0 Å². The summed E-state index contributed by atoms with van der Waals surface area (Å²) in [5, 5.41) is 4.14. The Morgan fingerprint density at radius 2 is 1.91 bits per heavy atom. The molecule has 2 nitrogen and oxygen atoms in total. The molecule has 0 bridgehead atoms. The highest BCUT2D eigenvalue weighted by atomic mass is 15.6. The van der Waals surface area contributed by atoms with Crippen LogP contribution in [0.5, 0.6) is 0 Å². The molecule has 0 aromatic carbocycles. The van der Waals surface area contributed by atoms with Crippen LogP contribution < -0.4 is 0 Å². The SMILES string of the molecule is C=C/C=C(\CC)N(C)N(C)C. The van der Waals surface area contributed by atoms with Crippen molar-refractivity contribution in [2.24, 2.45) is 0 Å². The van der Waals surface area contributed by atoms with E-state index in [1.165, 1.54) is 5.70 Å². The lowest BCUT2D eigenvalue weighted by Gasteiger charge is -2.28. The van der Waals surface area contributed by atoms with Gasteiger partial charge in [-0.1, -0.05) is 19.6 Å². The minimum atomic E-state index is 1.03. The number of allylic oxidation sites excluding steroid dienone is 3. The molecule has 0 N–H and O–H groups in total. The molecule has 0 aliphatic carbocycles. The van der Waals surface area contributed by atoms with Crippen molar-refractivity contribution in [3.63, 3.8) is 0 Å². The minimum Gasteiger partial charge on any atom is -0.314 e. The molecule has 0 rings (SSSR count). The van der Waals surface area contributed by atoms with Crippen molar-refractivity contribution in [1.29, 1.82) is 0 Å². The number of hydrogen-bond donors (Lipinski definition) is 0. The third-order valence-corrected chi connectivity index (χ3v) is 1.69. The van der Waals surface area contributed by atoms with Crippen LogP contribution in [-0.2, 0) is 0 Å². The van der Waals surface area contributed by atoms with E-state index in [2.05, 4.69) is 18.5 Å². The van der Waals surface area contributed by atoms with Crippen molar-refractivity contribution >= 4 is 0 Å². The van der Waals surface area contributed by atoms with Crippen molar-refractivity contribution in [3.8, 4) is 0 Å². The normalized spacial score (nSPS) is 11.9. The first-order valence-corrected chi connectivity index (χ1v) is 3.86. The molecule has 0 spiro atoms. The first kappa shape index (κ1) is 10.2. The summed E-state index contributed by atoms with van der Waals surface area (Å²) in [6, 6.07) is 0. The molecule has 0 unspecified atom stereocenters. The fraction of sp³-hybridized carbons (Fsp3) is 0.556. The molecule has 11 heavy (non-hydrogen) atoms. The summed E-state index contributed by atoms with van der Waals surface area (Å²) in [5.74, 6) is 0. The summed E-state index contributed by atoms with van der Waals surface area (Å²) in [6.07, 6.45) is 4.87. The molecule has 0 aromatic heterocycles. The fourth-order valence-electron chi connectivity index (χ4n) is 0.847. The van der Waals surface area contributed by atoms with Crippen LogP contribution in [0.15, 0.2) is 24.4 Å². The summed E-state index contributed by atoms with van der Waals surface area (Å²) in [7, 11) is 6.08. The van der Waals surface area contributed by atoms with E-state index in [4.69, 9.17) is 0 Å². The van der Waals surface area contributed by atoms with Gasteiger partial charge in [0.1, 0.15) is 0 Å². The van der Waals surface area contributed by atoms with Gasteiger partial charge in [0.25, 0.3) is 0 Å². The zero-order chi connectivity index (χ0) is 8.85. The van der Waals surface area contributed by atoms with Gasteiger partial charge in [-0.05, 0) is 12.5 Å². The van der Waals surface area contributed by atoms with Crippen molar-refractivity contribution in [2.75, 3.05) is 21.1 Å². The van der Waals surface area contributed by atoms with Gasteiger partial charge in [0, 0.05) is 26.8 Å². The summed E-state index contributed by atoms with van der Waals surface area (Å²) in [5.41, 5.74) is 1.27. The van der Waals surface area contributed by atoms with Gasteiger partial charge >= 0.3 is 0 Å². The van der Waals surface area contributed by atoms with E-state index in [-0.39, 0.29) is 0 Å². The van der Waals surface area contributed by atoms with E-state index >= 15 is 0 Å². The predicted molar refractivity (Wildman–Crippen MR) is 50.0 cm³/mol. The summed E-state index contributed by atoms with van der Waals surface area (Å²) < 4.78 is 0. The Bertz CT molecular complexity index is 148. The smallest absolute Gasteiger partial charge is 0.0289 e. The number of hydrogen-bond acceptors (Lipinski definition) is 2. The molecule has 0 atom stereocenters. The maximum Gasteiger partial charge on any atom is 0.0289 e. The van der Waals surface area contributed by atoms with Crippen LogP contribution in [0.3, 0.4) is 0 Å². The zero-order valence-corrected chi connectivity index (χ0v) is 7.96. The van der Waals surface area contributed by atoms with Gasteiger partial charge in [-0.15, -0.1) is 0 Å². The van der Waals surface area contributed by atoms with E-state index in [0.717, 1.165) is 6.42 Å². The van der Waals surface area contributed by atoms with Crippen molar-refractivity contribution in [3.05, 3.63) is 24.4 Å². The van der Waals surface area contributed by atoms with Crippen LogP contribution in [0.25, 0.3) is 0 Å². The number of nitrogens with zero attached hydrogens (tertiary/aromatic N) is 2. The molecular weight excluding hydrogens is 136 g/mol. The average molecular weight is 154 g/mol. The topological polar surface area (TPSA) is 6.48 Å². The quantitative estimate of drug-likeness (QED) is 0.450. The second kappa shape index (κ2) is 4.97. The monoisotopic (exact) mass is 154 g/mol. The molecule has 0 amide bonds. The Morgan fingerprint density at radius 3 is 2.18 bits per heavy atom. The Balaban J connectivity index is 4.25. The fourth-order valence-corrected chi connectivity index (χ4v) is 0.847. The second-order valence-corrected chi connectivity index (χ2v) is 2.62. The third-order valence-electron chi connectivity index (χ3n) is 1.69. The molecule has 0 radical (unpaired) electrons. The zero-order valence-electron chi connectivity index (χ0n) is 7.96. The third kappa shape index (κ3) is 3.23. The molecule has 0 aromatic rings. The molecule has 64 valence electrons. The van der Waals surface area contributed by atoms with Crippen LogP contribution >= 0.6 is 0 Å². The number of hydrazine groups is 1. The lowest BCUT2D eigenvalue weighted by molar-refractivity contribution is 0.0946. The van der Waals surface area contributed by atoms with E-state index in [1.54, 1.807) is 0 Å². The minimum absolute atomic E-state index is 1.03. The van der Waals surface area contributed by atoms with Gasteiger partial charge in [0.2, 0.25) is 0 Å². The largest absolute Gasteiger partial charge is 0.314 e. The Kier molecular flexibility index (Phi) is 4.62. The Hall–Kier alpha value is -0.760. The van der Waals surface area contributed by atoms with Gasteiger partial charge in [-0.2, -0.15) is 0 Å². The molecule has 0 saturated carbocycles. The molecule has 0 aliphatic rings. The van der Waals surface area contributed by atoms with Crippen LogP contribution in [0.4, 0.5) is 0 Å². The molecule has 0 saturated heterocycles. The van der Waals surface area contributed by atoms with Gasteiger partial charge in [0.15, 0.2) is 0 Å². The van der Waals surface area contributed by atoms with Crippen LogP contribution in [0.2, 0.25) is 0 Å². The van der Waals surface area contributed by atoms with Crippen LogP contribution in [0, 0.1) is 0 Å². The Morgan fingerprint density at radius 1 is 1.36 bits per heavy atom. The highest BCUT2D eigenvalue weighted by molar-refractivity contribution is 5.07. The van der Waals surface area contributed by atoms with E-state index < -0.39 is 0 Å². The highest BCUT2D eigenvalue weighted by Crippen LogP contribution is 2.06. The maximum absolute atomic E-state index is 3.67. The van der Waals surface area contributed by atoms with E-state index in [0.29, 0.717) is 0 Å². The average Bonchev–Trinajstić information content (AvgIpc) is 1.98. The van der Waals surface area contributed by atoms with Crippen LogP contribution in [-0.4, -0.2) is 31.2 Å². The first-order chi connectivity index (χ1) is 5.13. The van der Waals surface area contributed by atoms with Crippen molar-refractivity contribution in [1.82, 2.24) is 10.0 Å². The standard InChI is InChI=1S/C9H18N2/c1-6-8-9(7-2)11(5)10(3)4/h6,8H,1,7H2,2-5H3/b9-8+.